The van der Waals surface area contributed by atoms with E-state index in [2.05, 4.69) is 0 Å². The number of para-hydroxylation sites is 1. The summed E-state index contributed by atoms with van der Waals surface area (Å²) < 4.78 is 22.5. The van der Waals surface area contributed by atoms with E-state index in [4.69, 9.17) is 0 Å². The van der Waals surface area contributed by atoms with Gasteiger partial charge in [0, 0.05) is 24.3 Å². The molecule has 0 spiro atoms. The van der Waals surface area contributed by atoms with Gasteiger partial charge in [-0.1, -0.05) is 18.2 Å². The van der Waals surface area contributed by atoms with Gasteiger partial charge in [0.15, 0.2) is 15.6 Å². The molecular formula is C11H13NO5S. The molecule has 0 saturated carbocycles. The van der Waals surface area contributed by atoms with E-state index in [9.17, 15) is 23.3 Å². The second-order valence-corrected chi connectivity index (χ2v) is 6.37. The van der Waals surface area contributed by atoms with Crippen LogP contribution >= 0.6 is 0 Å². The fraction of sp³-hybridized carbons (Fsp3) is 0.364. The lowest BCUT2D eigenvalue weighted by Gasteiger charge is -2.08. The molecule has 1 aromatic rings. The van der Waals surface area contributed by atoms with Gasteiger partial charge in [-0.25, -0.2) is 8.42 Å². The van der Waals surface area contributed by atoms with E-state index in [1.54, 1.807) is 6.07 Å². The predicted octanol–water partition coefficient (Wildman–Crippen LogP) is 1.14. The zero-order chi connectivity index (χ0) is 13.9. The average molecular weight is 271 g/mol. The van der Waals surface area contributed by atoms with Crippen molar-refractivity contribution in [2.75, 3.05) is 6.26 Å². The first-order valence-electron chi connectivity index (χ1n) is 5.17. The number of ketones is 1. The lowest BCUT2D eigenvalue weighted by Crippen LogP contribution is -2.27. The van der Waals surface area contributed by atoms with Gasteiger partial charge in [-0.05, 0) is 6.92 Å². The molecule has 1 atom stereocenters. The van der Waals surface area contributed by atoms with Crippen molar-refractivity contribution in [3.63, 3.8) is 0 Å². The standard InChI is InChI=1S/C11H13NO5S/c1-8(18(2,16)17)11(13)7-9-5-3-4-6-10(9)12(14)15/h3-6,8H,7H2,1-2H3. The molecule has 1 unspecified atom stereocenters. The van der Waals surface area contributed by atoms with Gasteiger partial charge in [-0.3, -0.25) is 14.9 Å². The first kappa shape index (κ1) is 14.3. The third-order valence-corrected chi connectivity index (χ3v) is 4.20. The highest BCUT2D eigenvalue weighted by molar-refractivity contribution is 7.92. The van der Waals surface area contributed by atoms with Crippen molar-refractivity contribution in [2.45, 2.75) is 18.6 Å². The summed E-state index contributed by atoms with van der Waals surface area (Å²) in [5, 5.41) is 9.59. The number of nitro groups is 1. The minimum Gasteiger partial charge on any atom is -0.298 e. The number of nitrogens with zero attached hydrogens (tertiary/aromatic N) is 1. The van der Waals surface area contributed by atoms with Gasteiger partial charge in [0.05, 0.1) is 4.92 Å². The summed E-state index contributed by atoms with van der Waals surface area (Å²) in [6.45, 7) is 1.28. The van der Waals surface area contributed by atoms with Crippen molar-refractivity contribution in [3.8, 4) is 0 Å². The molecular weight excluding hydrogens is 258 g/mol. The molecule has 0 amide bonds. The molecule has 0 N–H and O–H groups in total. The van der Waals surface area contributed by atoms with Crippen LogP contribution < -0.4 is 0 Å². The topological polar surface area (TPSA) is 94.3 Å². The van der Waals surface area contributed by atoms with Crippen LogP contribution in [0.1, 0.15) is 12.5 Å². The first-order chi connectivity index (χ1) is 8.23. The van der Waals surface area contributed by atoms with Crippen molar-refractivity contribution in [2.24, 2.45) is 0 Å². The van der Waals surface area contributed by atoms with Crippen LogP contribution in [0.15, 0.2) is 24.3 Å². The predicted molar refractivity (Wildman–Crippen MR) is 66.1 cm³/mol. The molecule has 1 rings (SSSR count). The maximum Gasteiger partial charge on any atom is 0.273 e. The quantitative estimate of drug-likeness (QED) is 0.591. The zero-order valence-corrected chi connectivity index (χ0v) is 10.8. The molecule has 0 saturated heterocycles. The van der Waals surface area contributed by atoms with Gasteiger partial charge in [0.2, 0.25) is 0 Å². The number of carbonyl (C=O) groups is 1. The van der Waals surface area contributed by atoms with Crippen LogP contribution in [0.2, 0.25) is 0 Å². The monoisotopic (exact) mass is 271 g/mol. The van der Waals surface area contributed by atoms with Crippen molar-refractivity contribution in [1.29, 1.82) is 0 Å². The highest BCUT2D eigenvalue weighted by Crippen LogP contribution is 2.19. The summed E-state index contributed by atoms with van der Waals surface area (Å²) in [5.41, 5.74) is 0.0505. The van der Waals surface area contributed by atoms with E-state index in [0.717, 1.165) is 6.26 Å². The molecule has 0 radical (unpaired) electrons. The molecule has 6 nitrogen and oxygen atoms in total. The van der Waals surface area contributed by atoms with Crippen LogP contribution in [-0.2, 0) is 21.1 Å². The van der Waals surface area contributed by atoms with Crippen molar-refractivity contribution >= 4 is 21.3 Å². The second kappa shape index (κ2) is 5.26. The van der Waals surface area contributed by atoms with Gasteiger partial charge in [-0.15, -0.1) is 0 Å². The summed E-state index contributed by atoms with van der Waals surface area (Å²) in [6.07, 6.45) is 0.709. The Kier molecular flexibility index (Phi) is 4.18. The first-order valence-corrected chi connectivity index (χ1v) is 7.13. The second-order valence-electron chi connectivity index (χ2n) is 4.00. The number of hydrogen-bond acceptors (Lipinski definition) is 5. The number of sulfone groups is 1. The molecule has 0 aromatic heterocycles. The highest BCUT2D eigenvalue weighted by Gasteiger charge is 2.25. The number of nitro benzene ring substituents is 1. The van der Waals surface area contributed by atoms with E-state index < -0.39 is 25.8 Å². The summed E-state index contributed by atoms with van der Waals surface area (Å²) >= 11 is 0. The van der Waals surface area contributed by atoms with E-state index in [0.29, 0.717) is 0 Å². The van der Waals surface area contributed by atoms with E-state index in [1.165, 1.54) is 25.1 Å². The lowest BCUT2D eigenvalue weighted by molar-refractivity contribution is -0.385. The smallest absolute Gasteiger partial charge is 0.273 e. The molecule has 0 fully saturated rings. The Labute approximate surface area is 105 Å². The molecule has 1 aromatic carbocycles. The van der Waals surface area contributed by atoms with Crippen molar-refractivity contribution in [1.82, 2.24) is 0 Å². The number of hydrogen-bond donors (Lipinski definition) is 0. The molecule has 0 aliphatic carbocycles. The molecule has 0 heterocycles. The SMILES string of the molecule is CC(C(=O)Cc1ccccc1[N+](=O)[O-])S(C)(=O)=O. The van der Waals surface area contributed by atoms with E-state index in [-0.39, 0.29) is 17.7 Å². The minimum atomic E-state index is -3.47. The molecule has 0 aliphatic rings. The van der Waals surface area contributed by atoms with Crippen LogP contribution in [0.5, 0.6) is 0 Å². The van der Waals surface area contributed by atoms with Gasteiger partial charge < -0.3 is 0 Å². The lowest BCUT2D eigenvalue weighted by atomic mass is 10.1. The number of carbonyl (C=O) groups excluding carboxylic acids is 1. The molecule has 98 valence electrons. The Hall–Kier alpha value is -1.76. The van der Waals surface area contributed by atoms with E-state index in [1.807, 2.05) is 0 Å². The normalized spacial score (nSPS) is 13.0. The van der Waals surface area contributed by atoms with Crippen LogP contribution in [0, 0.1) is 10.1 Å². The van der Waals surface area contributed by atoms with Gasteiger partial charge in [0.1, 0.15) is 5.25 Å². The van der Waals surface area contributed by atoms with E-state index >= 15 is 0 Å². The minimum absolute atomic E-state index is 0.174. The Morgan fingerprint density at radius 3 is 2.44 bits per heavy atom. The highest BCUT2D eigenvalue weighted by atomic mass is 32.2. The fourth-order valence-electron chi connectivity index (χ4n) is 1.41. The Morgan fingerprint density at radius 2 is 1.94 bits per heavy atom. The van der Waals surface area contributed by atoms with Gasteiger partial charge >= 0.3 is 0 Å². The number of benzene rings is 1. The van der Waals surface area contributed by atoms with Crippen LogP contribution in [-0.4, -0.2) is 30.6 Å². The fourth-order valence-corrected chi connectivity index (χ4v) is 1.97. The third-order valence-electron chi connectivity index (χ3n) is 2.65. The molecule has 7 heteroatoms. The van der Waals surface area contributed by atoms with Gasteiger partial charge in [0.25, 0.3) is 5.69 Å². The molecule has 18 heavy (non-hydrogen) atoms. The largest absolute Gasteiger partial charge is 0.298 e. The number of rotatable bonds is 5. The van der Waals surface area contributed by atoms with Crippen LogP contribution in [0.3, 0.4) is 0 Å². The Bertz CT molecular complexity index is 579. The van der Waals surface area contributed by atoms with Crippen LogP contribution in [0.25, 0.3) is 0 Å². The number of Topliss-reactive ketones (excluding diaryl/α,β-unsaturated/α-hetero) is 1. The summed E-state index contributed by atoms with van der Waals surface area (Å²) in [6, 6.07) is 5.80. The van der Waals surface area contributed by atoms with Crippen molar-refractivity contribution in [3.05, 3.63) is 39.9 Å². The Morgan fingerprint density at radius 1 is 1.39 bits per heavy atom. The average Bonchev–Trinajstić information content (AvgIpc) is 2.27. The summed E-state index contributed by atoms with van der Waals surface area (Å²) in [4.78, 5) is 21.9. The van der Waals surface area contributed by atoms with Gasteiger partial charge in [-0.2, -0.15) is 0 Å². The van der Waals surface area contributed by atoms with Crippen LogP contribution in [0.4, 0.5) is 5.69 Å². The summed E-state index contributed by atoms with van der Waals surface area (Å²) in [5.74, 6) is -0.549. The van der Waals surface area contributed by atoms with Crippen molar-refractivity contribution < 1.29 is 18.1 Å². The molecule has 0 bridgehead atoms. The zero-order valence-electron chi connectivity index (χ0n) is 9.99. The maximum atomic E-state index is 11.7. The molecule has 0 aliphatic heterocycles. The Balaban J connectivity index is 2.99. The third kappa shape index (κ3) is 3.36. The maximum absolute atomic E-state index is 11.7. The summed E-state index contributed by atoms with van der Waals surface area (Å²) in [7, 11) is -3.47.